The maximum atomic E-state index is 12.5. The largest absolute Gasteiger partial charge is 0.348 e. The summed E-state index contributed by atoms with van der Waals surface area (Å²) in [6, 6.07) is 13.9. The number of quaternary nitrogens is 1. The standard InChI is InChI=1S/C20H25N3O3S/c1-4-12-22-27(25,26)19-11-7-10-16(13-19)20(24)21-14-17-8-5-6-9-18(17)15-23(2)3/h4-11,13,22H,1,12,14-15H2,2-3H3,(H,21,24)/p+1. The van der Waals surface area contributed by atoms with Crippen molar-refractivity contribution in [2.45, 2.75) is 18.0 Å². The van der Waals surface area contributed by atoms with E-state index in [4.69, 9.17) is 0 Å². The number of nitrogens with one attached hydrogen (secondary N) is 3. The van der Waals surface area contributed by atoms with Gasteiger partial charge in [-0.1, -0.05) is 36.4 Å². The van der Waals surface area contributed by atoms with E-state index in [1.54, 1.807) is 12.1 Å². The van der Waals surface area contributed by atoms with Gasteiger partial charge in [-0.25, -0.2) is 13.1 Å². The van der Waals surface area contributed by atoms with Gasteiger partial charge in [-0.3, -0.25) is 4.79 Å². The van der Waals surface area contributed by atoms with Crippen molar-refractivity contribution in [3.8, 4) is 0 Å². The van der Waals surface area contributed by atoms with E-state index in [2.05, 4.69) is 30.7 Å². The number of benzene rings is 2. The van der Waals surface area contributed by atoms with Crippen LogP contribution in [0.15, 0.2) is 66.1 Å². The molecule has 0 spiro atoms. The number of carbonyl (C=O) groups is 1. The van der Waals surface area contributed by atoms with Crippen LogP contribution in [0.1, 0.15) is 21.5 Å². The van der Waals surface area contributed by atoms with Gasteiger partial charge in [0.2, 0.25) is 10.0 Å². The zero-order valence-corrected chi connectivity index (χ0v) is 16.5. The number of rotatable bonds is 9. The third-order valence-corrected chi connectivity index (χ3v) is 5.35. The van der Waals surface area contributed by atoms with Gasteiger partial charge in [0.1, 0.15) is 6.54 Å². The molecular weight excluding hydrogens is 362 g/mol. The van der Waals surface area contributed by atoms with E-state index in [-0.39, 0.29) is 17.3 Å². The Bertz CT molecular complexity index is 908. The Labute approximate surface area is 161 Å². The lowest BCUT2D eigenvalue weighted by atomic mass is 10.1. The summed E-state index contributed by atoms with van der Waals surface area (Å²) >= 11 is 0. The second-order valence-electron chi connectivity index (χ2n) is 6.50. The van der Waals surface area contributed by atoms with Crippen molar-refractivity contribution in [3.05, 3.63) is 77.9 Å². The van der Waals surface area contributed by atoms with E-state index in [0.29, 0.717) is 12.1 Å². The van der Waals surface area contributed by atoms with Crippen molar-refractivity contribution in [2.75, 3.05) is 20.6 Å². The summed E-state index contributed by atoms with van der Waals surface area (Å²) in [5.74, 6) is -0.317. The minimum atomic E-state index is -3.67. The molecule has 0 aliphatic heterocycles. The van der Waals surface area contributed by atoms with Gasteiger partial charge < -0.3 is 10.2 Å². The molecule has 0 fully saturated rings. The second kappa shape index (κ2) is 9.45. The van der Waals surface area contributed by atoms with Crippen molar-refractivity contribution in [1.29, 1.82) is 0 Å². The highest BCUT2D eigenvalue weighted by atomic mass is 32.2. The summed E-state index contributed by atoms with van der Waals surface area (Å²) in [4.78, 5) is 13.8. The predicted molar refractivity (Wildman–Crippen MR) is 106 cm³/mol. The van der Waals surface area contributed by atoms with Crippen LogP contribution < -0.4 is 14.9 Å². The summed E-state index contributed by atoms with van der Waals surface area (Å²) < 4.78 is 26.8. The molecule has 2 rings (SSSR count). The van der Waals surface area contributed by atoms with E-state index >= 15 is 0 Å². The zero-order valence-electron chi connectivity index (χ0n) is 15.7. The van der Waals surface area contributed by atoms with Crippen LogP contribution in [0.5, 0.6) is 0 Å². The van der Waals surface area contributed by atoms with Gasteiger partial charge in [0.05, 0.1) is 19.0 Å². The van der Waals surface area contributed by atoms with Crippen LogP contribution in [-0.4, -0.2) is 35.0 Å². The number of carbonyl (C=O) groups excluding carboxylic acids is 1. The molecule has 144 valence electrons. The SMILES string of the molecule is C=CCNS(=O)(=O)c1cccc(C(=O)NCc2ccccc2C[NH+](C)C)c1. The first-order valence-electron chi connectivity index (χ1n) is 8.68. The highest BCUT2D eigenvalue weighted by Crippen LogP contribution is 2.12. The molecule has 1 amide bonds. The summed E-state index contributed by atoms with van der Waals surface area (Å²) in [7, 11) is 0.472. The Morgan fingerprint density at radius 2 is 1.81 bits per heavy atom. The Morgan fingerprint density at radius 1 is 1.11 bits per heavy atom. The van der Waals surface area contributed by atoms with E-state index in [1.807, 2.05) is 24.3 Å². The van der Waals surface area contributed by atoms with Gasteiger partial charge in [0.15, 0.2) is 0 Å². The monoisotopic (exact) mass is 388 g/mol. The van der Waals surface area contributed by atoms with Gasteiger partial charge >= 0.3 is 0 Å². The lowest BCUT2D eigenvalue weighted by Crippen LogP contribution is -3.04. The topological polar surface area (TPSA) is 79.7 Å². The lowest BCUT2D eigenvalue weighted by Gasteiger charge is -2.13. The average Bonchev–Trinajstić information content (AvgIpc) is 2.65. The molecule has 0 atom stereocenters. The summed E-state index contributed by atoms with van der Waals surface area (Å²) in [6.45, 7) is 4.86. The second-order valence-corrected chi connectivity index (χ2v) is 8.27. The van der Waals surface area contributed by atoms with E-state index in [1.165, 1.54) is 28.7 Å². The van der Waals surface area contributed by atoms with Gasteiger partial charge in [-0.05, 0) is 23.8 Å². The molecule has 3 N–H and O–H groups in total. The molecule has 0 aliphatic carbocycles. The predicted octanol–water partition coefficient (Wildman–Crippen LogP) is 0.725. The highest BCUT2D eigenvalue weighted by molar-refractivity contribution is 7.89. The highest BCUT2D eigenvalue weighted by Gasteiger charge is 2.15. The van der Waals surface area contributed by atoms with Crippen LogP contribution in [-0.2, 0) is 23.1 Å². The molecule has 2 aromatic rings. The summed E-state index contributed by atoms with van der Waals surface area (Å²) in [6.07, 6.45) is 1.46. The number of hydrogen-bond donors (Lipinski definition) is 3. The third kappa shape index (κ3) is 6.02. The van der Waals surface area contributed by atoms with Gasteiger partial charge in [-0.2, -0.15) is 0 Å². The van der Waals surface area contributed by atoms with Crippen LogP contribution >= 0.6 is 0 Å². The summed E-state index contributed by atoms with van der Waals surface area (Å²) in [5.41, 5.74) is 2.51. The Hall–Kier alpha value is -2.48. The van der Waals surface area contributed by atoms with Gasteiger partial charge in [0.25, 0.3) is 5.91 Å². The normalized spacial score (nSPS) is 11.4. The zero-order chi connectivity index (χ0) is 19.9. The fourth-order valence-electron chi connectivity index (χ4n) is 2.62. The van der Waals surface area contributed by atoms with E-state index in [0.717, 1.165) is 12.1 Å². The Kier molecular flexibility index (Phi) is 7.29. The van der Waals surface area contributed by atoms with Crippen molar-refractivity contribution in [2.24, 2.45) is 0 Å². The first-order valence-corrected chi connectivity index (χ1v) is 10.2. The van der Waals surface area contributed by atoms with Crippen LogP contribution in [0.4, 0.5) is 0 Å². The molecule has 0 radical (unpaired) electrons. The number of sulfonamides is 1. The quantitative estimate of drug-likeness (QED) is 0.554. The summed E-state index contributed by atoms with van der Waals surface area (Å²) in [5, 5.41) is 2.87. The Morgan fingerprint density at radius 3 is 2.48 bits per heavy atom. The maximum Gasteiger partial charge on any atom is 0.251 e. The van der Waals surface area contributed by atoms with Gasteiger partial charge in [0, 0.05) is 24.2 Å². The van der Waals surface area contributed by atoms with Crippen molar-refractivity contribution < 1.29 is 18.1 Å². The molecule has 0 aliphatic rings. The molecule has 0 bridgehead atoms. The Balaban J connectivity index is 2.11. The van der Waals surface area contributed by atoms with E-state index in [9.17, 15) is 13.2 Å². The van der Waals surface area contributed by atoms with E-state index < -0.39 is 10.0 Å². The van der Waals surface area contributed by atoms with Crippen LogP contribution in [0.2, 0.25) is 0 Å². The fraction of sp³-hybridized carbons (Fsp3) is 0.250. The fourth-order valence-corrected chi connectivity index (χ4v) is 3.66. The van der Waals surface area contributed by atoms with Crippen LogP contribution in [0, 0.1) is 0 Å². The van der Waals surface area contributed by atoms with Crippen LogP contribution in [0.3, 0.4) is 0 Å². The number of hydrogen-bond acceptors (Lipinski definition) is 3. The smallest absolute Gasteiger partial charge is 0.251 e. The number of amides is 1. The molecule has 7 heteroatoms. The molecule has 0 saturated heterocycles. The van der Waals surface area contributed by atoms with Crippen molar-refractivity contribution >= 4 is 15.9 Å². The van der Waals surface area contributed by atoms with Crippen LogP contribution in [0.25, 0.3) is 0 Å². The third-order valence-electron chi connectivity index (χ3n) is 3.93. The molecule has 0 saturated carbocycles. The molecule has 0 unspecified atom stereocenters. The average molecular weight is 389 g/mol. The van der Waals surface area contributed by atoms with Crippen molar-refractivity contribution in [1.82, 2.24) is 10.0 Å². The first kappa shape index (κ1) is 20.8. The first-order chi connectivity index (χ1) is 12.8. The molecule has 27 heavy (non-hydrogen) atoms. The molecular formula is C20H26N3O3S+. The molecule has 6 nitrogen and oxygen atoms in total. The molecule has 0 heterocycles. The molecule has 0 aromatic heterocycles. The van der Waals surface area contributed by atoms with Gasteiger partial charge in [-0.15, -0.1) is 6.58 Å². The minimum Gasteiger partial charge on any atom is -0.348 e. The minimum absolute atomic E-state index is 0.0496. The maximum absolute atomic E-state index is 12.5. The molecule has 2 aromatic carbocycles. The van der Waals surface area contributed by atoms with Crippen molar-refractivity contribution in [3.63, 3.8) is 0 Å². The lowest BCUT2D eigenvalue weighted by molar-refractivity contribution is -0.872.